The molecule has 0 saturated carbocycles. The number of rotatable bonds is 4. The number of carbonyl (C=O) groups is 1. The van der Waals surface area contributed by atoms with E-state index in [2.05, 4.69) is 4.74 Å². The fourth-order valence-corrected chi connectivity index (χ4v) is 1.57. The third-order valence-electron chi connectivity index (χ3n) is 2.61. The van der Waals surface area contributed by atoms with Crippen LogP contribution < -0.4 is 4.74 Å². The average Bonchev–Trinajstić information content (AvgIpc) is 2.40. The maximum Gasteiger partial charge on any atom is 0.348 e. The van der Waals surface area contributed by atoms with Gasteiger partial charge in [0, 0.05) is 0 Å². The average molecular weight is 259 g/mol. The van der Waals surface area contributed by atoms with Gasteiger partial charge < -0.3 is 14.2 Å². The summed E-state index contributed by atoms with van der Waals surface area (Å²) in [6.07, 6.45) is 1.55. The van der Waals surface area contributed by atoms with E-state index in [1.54, 1.807) is 18.2 Å². The SMILES string of the molecule is COC(=O)/C(C#N)=C/c1cccc(OC2COC2)c1. The third kappa shape index (κ3) is 3.33. The van der Waals surface area contributed by atoms with Gasteiger partial charge in [-0.05, 0) is 23.8 Å². The van der Waals surface area contributed by atoms with Gasteiger partial charge in [-0.3, -0.25) is 0 Å². The predicted octanol–water partition coefficient (Wildman–Crippen LogP) is 1.54. The molecule has 1 heterocycles. The molecule has 0 radical (unpaired) electrons. The largest absolute Gasteiger partial charge is 0.486 e. The molecule has 1 fully saturated rings. The lowest BCUT2D eigenvalue weighted by Gasteiger charge is -2.26. The fraction of sp³-hybridized carbons (Fsp3) is 0.286. The topological polar surface area (TPSA) is 68.6 Å². The second-order valence-corrected chi connectivity index (χ2v) is 4.01. The molecule has 0 atom stereocenters. The molecule has 0 aromatic heterocycles. The normalized spacial score (nSPS) is 15.3. The first-order chi connectivity index (χ1) is 9.22. The molecule has 5 heteroatoms. The Bertz CT molecular complexity index is 541. The van der Waals surface area contributed by atoms with Crippen molar-refractivity contribution in [2.45, 2.75) is 6.10 Å². The van der Waals surface area contributed by atoms with Crippen LogP contribution in [0.1, 0.15) is 5.56 Å². The molecule has 1 aliphatic rings. The number of hydrogen-bond donors (Lipinski definition) is 0. The van der Waals surface area contributed by atoms with E-state index in [0.717, 1.165) is 0 Å². The molecule has 1 aromatic carbocycles. The van der Waals surface area contributed by atoms with Crippen molar-refractivity contribution in [1.82, 2.24) is 0 Å². The van der Waals surface area contributed by atoms with Crippen LogP contribution in [-0.4, -0.2) is 32.4 Å². The van der Waals surface area contributed by atoms with Crippen LogP contribution >= 0.6 is 0 Å². The van der Waals surface area contributed by atoms with Crippen LogP contribution in [0.2, 0.25) is 0 Å². The molecule has 98 valence electrons. The van der Waals surface area contributed by atoms with Gasteiger partial charge in [0.1, 0.15) is 23.5 Å². The first-order valence-corrected chi connectivity index (χ1v) is 5.77. The highest BCUT2D eigenvalue weighted by Gasteiger charge is 2.20. The maximum absolute atomic E-state index is 11.3. The highest BCUT2D eigenvalue weighted by Crippen LogP contribution is 2.19. The number of esters is 1. The zero-order chi connectivity index (χ0) is 13.7. The molecule has 0 bridgehead atoms. The van der Waals surface area contributed by atoms with Crippen molar-refractivity contribution in [2.75, 3.05) is 20.3 Å². The molecule has 1 aromatic rings. The van der Waals surface area contributed by atoms with Crippen LogP contribution in [0.25, 0.3) is 6.08 Å². The van der Waals surface area contributed by atoms with Crippen molar-refractivity contribution in [2.24, 2.45) is 0 Å². The summed E-state index contributed by atoms with van der Waals surface area (Å²) in [4.78, 5) is 11.3. The van der Waals surface area contributed by atoms with Crippen LogP contribution in [0.15, 0.2) is 29.8 Å². The standard InChI is InChI=1S/C14H13NO4/c1-17-14(16)11(7-15)5-10-3-2-4-12(6-10)19-13-8-18-9-13/h2-6,13H,8-9H2,1H3/b11-5+. The Morgan fingerprint density at radius 1 is 1.53 bits per heavy atom. The van der Waals surface area contributed by atoms with E-state index in [1.165, 1.54) is 13.2 Å². The summed E-state index contributed by atoms with van der Waals surface area (Å²) < 4.78 is 15.2. The highest BCUT2D eigenvalue weighted by molar-refractivity contribution is 5.97. The van der Waals surface area contributed by atoms with E-state index in [0.29, 0.717) is 24.5 Å². The second kappa shape index (κ2) is 6.03. The van der Waals surface area contributed by atoms with Crippen molar-refractivity contribution >= 4 is 12.0 Å². The predicted molar refractivity (Wildman–Crippen MR) is 67.3 cm³/mol. The maximum atomic E-state index is 11.3. The number of carbonyl (C=O) groups excluding carboxylic acids is 1. The molecule has 0 N–H and O–H groups in total. The summed E-state index contributed by atoms with van der Waals surface area (Å²) in [5, 5.41) is 8.88. The lowest BCUT2D eigenvalue weighted by Crippen LogP contribution is -2.38. The molecular formula is C14H13NO4. The van der Waals surface area contributed by atoms with Crippen molar-refractivity contribution in [3.05, 3.63) is 35.4 Å². The minimum absolute atomic E-state index is 0.0494. The van der Waals surface area contributed by atoms with Gasteiger partial charge in [-0.25, -0.2) is 4.79 Å². The number of hydrogen-bond acceptors (Lipinski definition) is 5. The van der Waals surface area contributed by atoms with Gasteiger partial charge in [0.25, 0.3) is 0 Å². The number of benzene rings is 1. The van der Waals surface area contributed by atoms with Gasteiger partial charge in [0.15, 0.2) is 0 Å². The minimum atomic E-state index is -0.652. The molecule has 5 nitrogen and oxygen atoms in total. The van der Waals surface area contributed by atoms with Crippen LogP contribution in [0.3, 0.4) is 0 Å². The summed E-state index contributed by atoms with van der Waals surface area (Å²) in [6, 6.07) is 8.97. The molecule has 1 aliphatic heterocycles. The molecule has 2 rings (SSSR count). The van der Waals surface area contributed by atoms with Crippen LogP contribution in [0.4, 0.5) is 0 Å². The molecule has 0 amide bonds. The van der Waals surface area contributed by atoms with Gasteiger partial charge in [-0.2, -0.15) is 5.26 Å². The number of nitriles is 1. The Kier molecular flexibility index (Phi) is 4.16. The Morgan fingerprint density at radius 2 is 2.32 bits per heavy atom. The summed E-state index contributed by atoms with van der Waals surface area (Å²) in [5.74, 6) is 0.0328. The molecule has 1 saturated heterocycles. The molecule has 0 spiro atoms. The monoisotopic (exact) mass is 259 g/mol. The van der Waals surface area contributed by atoms with Gasteiger partial charge in [-0.1, -0.05) is 12.1 Å². The lowest BCUT2D eigenvalue weighted by molar-refractivity contribution is -0.135. The first kappa shape index (κ1) is 13.1. The summed E-state index contributed by atoms with van der Waals surface area (Å²) in [7, 11) is 1.24. The number of ether oxygens (including phenoxy) is 3. The van der Waals surface area contributed by atoms with E-state index in [-0.39, 0.29) is 11.7 Å². The smallest absolute Gasteiger partial charge is 0.348 e. The Balaban J connectivity index is 2.15. The lowest BCUT2D eigenvalue weighted by atomic mass is 10.1. The molecule has 0 unspecified atom stereocenters. The quantitative estimate of drug-likeness (QED) is 0.466. The van der Waals surface area contributed by atoms with Crippen LogP contribution in [0.5, 0.6) is 5.75 Å². The van der Waals surface area contributed by atoms with Crippen molar-refractivity contribution in [3.8, 4) is 11.8 Å². The van der Waals surface area contributed by atoms with Crippen LogP contribution in [-0.2, 0) is 14.3 Å². The Labute approximate surface area is 111 Å². The minimum Gasteiger partial charge on any atom is -0.486 e. The van der Waals surface area contributed by atoms with Gasteiger partial charge >= 0.3 is 5.97 Å². The van der Waals surface area contributed by atoms with E-state index in [1.807, 2.05) is 12.1 Å². The van der Waals surface area contributed by atoms with Crippen molar-refractivity contribution in [1.29, 1.82) is 5.26 Å². The van der Waals surface area contributed by atoms with Crippen LogP contribution in [0, 0.1) is 11.3 Å². The van der Waals surface area contributed by atoms with E-state index >= 15 is 0 Å². The molecule has 19 heavy (non-hydrogen) atoms. The Morgan fingerprint density at radius 3 is 2.89 bits per heavy atom. The number of nitrogens with zero attached hydrogens (tertiary/aromatic N) is 1. The van der Waals surface area contributed by atoms with Crippen molar-refractivity contribution < 1.29 is 19.0 Å². The Hall–Kier alpha value is -2.32. The third-order valence-corrected chi connectivity index (χ3v) is 2.61. The summed E-state index contributed by atoms with van der Waals surface area (Å²) in [6.45, 7) is 1.18. The van der Waals surface area contributed by atoms with E-state index in [9.17, 15) is 4.79 Å². The zero-order valence-electron chi connectivity index (χ0n) is 10.5. The molecule has 0 aliphatic carbocycles. The first-order valence-electron chi connectivity index (χ1n) is 5.77. The van der Waals surface area contributed by atoms with E-state index in [4.69, 9.17) is 14.7 Å². The number of methoxy groups -OCH3 is 1. The summed E-state index contributed by atoms with van der Waals surface area (Å²) >= 11 is 0. The second-order valence-electron chi connectivity index (χ2n) is 4.01. The van der Waals surface area contributed by atoms with Gasteiger partial charge in [0.05, 0.1) is 20.3 Å². The van der Waals surface area contributed by atoms with Gasteiger partial charge in [-0.15, -0.1) is 0 Å². The van der Waals surface area contributed by atoms with Crippen molar-refractivity contribution in [3.63, 3.8) is 0 Å². The van der Waals surface area contributed by atoms with E-state index < -0.39 is 5.97 Å². The summed E-state index contributed by atoms with van der Waals surface area (Å²) in [5.41, 5.74) is 0.659. The highest BCUT2D eigenvalue weighted by atomic mass is 16.6. The van der Waals surface area contributed by atoms with Gasteiger partial charge in [0.2, 0.25) is 0 Å². The zero-order valence-corrected chi connectivity index (χ0v) is 10.5. The fourth-order valence-electron chi connectivity index (χ4n) is 1.57. The molecular weight excluding hydrogens is 246 g/mol.